The molecule has 0 radical (unpaired) electrons. The number of nitrogens with zero attached hydrogens (tertiary/aromatic N) is 6. The van der Waals surface area contributed by atoms with Gasteiger partial charge in [0.25, 0.3) is 0 Å². The van der Waals surface area contributed by atoms with Gasteiger partial charge in [0.1, 0.15) is 0 Å². The van der Waals surface area contributed by atoms with Crippen LogP contribution >= 0.6 is 11.8 Å². The summed E-state index contributed by atoms with van der Waals surface area (Å²) in [4.78, 5) is 6.93. The van der Waals surface area contributed by atoms with E-state index in [1.165, 1.54) is 12.8 Å². The summed E-state index contributed by atoms with van der Waals surface area (Å²) in [6, 6.07) is 10.3. The average molecular weight is 399 g/mol. The number of aromatic nitrogens is 5. The molecule has 148 valence electrons. The Hall–Kier alpha value is -2.19. The third kappa shape index (κ3) is 4.62. The van der Waals surface area contributed by atoms with Crippen molar-refractivity contribution < 1.29 is 4.52 Å². The lowest BCUT2D eigenvalue weighted by Gasteiger charge is -2.15. The molecule has 3 heterocycles. The number of likely N-dealkylation sites (tertiary alicyclic amines) is 1. The molecule has 1 saturated heterocycles. The van der Waals surface area contributed by atoms with E-state index in [1.807, 2.05) is 18.2 Å². The van der Waals surface area contributed by atoms with Crippen LogP contribution in [-0.2, 0) is 18.7 Å². The Kier molecular flexibility index (Phi) is 6.07. The van der Waals surface area contributed by atoms with Crippen LogP contribution in [0.4, 0.5) is 0 Å². The Morgan fingerprint density at radius 2 is 1.89 bits per heavy atom. The standard InChI is InChI=1S/C20H26N6OS/c1-15(2)12-19-21-17(24-27-19)14-28-20-23-22-18(13-25-10-6-7-11-25)26(20)16-8-4-3-5-9-16/h3-5,8-9,15H,6-7,10-14H2,1-2H3. The van der Waals surface area contributed by atoms with Gasteiger partial charge in [-0.15, -0.1) is 10.2 Å². The molecule has 4 rings (SSSR count). The van der Waals surface area contributed by atoms with Crippen molar-refractivity contribution in [2.45, 2.75) is 50.6 Å². The molecule has 1 aliphatic rings. The largest absolute Gasteiger partial charge is 0.339 e. The summed E-state index contributed by atoms with van der Waals surface area (Å²) in [6.45, 7) is 7.37. The van der Waals surface area contributed by atoms with Gasteiger partial charge in [-0.3, -0.25) is 9.47 Å². The van der Waals surface area contributed by atoms with Crippen LogP contribution in [-0.4, -0.2) is 42.9 Å². The smallest absolute Gasteiger partial charge is 0.226 e. The van der Waals surface area contributed by atoms with Crippen molar-refractivity contribution in [3.8, 4) is 5.69 Å². The van der Waals surface area contributed by atoms with E-state index in [0.717, 1.165) is 42.7 Å². The van der Waals surface area contributed by atoms with Crippen molar-refractivity contribution in [1.29, 1.82) is 0 Å². The fourth-order valence-electron chi connectivity index (χ4n) is 3.38. The van der Waals surface area contributed by atoms with Crippen LogP contribution in [0.5, 0.6) is 0 Å². The minimum atomic E-state index is 0.496. The zero-order valence-corrected chi connectivity index (χ0v) is 17.2. The molecular weight excluding hydrogens is 372 g/mol. The van der Waals surface area contributed by atoms with Gasteiger partial charge in [0.15, 0.2) is 16.8 Å². The molecule has 8 heteroatoms. The van der Waals surface area contributed by atoms with E-state index in [9.17, 15) is 0 Å². The summed E-state index contributed by atoms with van der Waals surface area (Å²) in [5, 5.41) is 13.9. The number of rotatable bonds is 8. The molecule has 2 aromatic heterocycles. The minimum Gasteiger partial charge on any atom is -0.339 e. The average Bonchev–Trinajstić information content (AvgIpc) is 3.42. The summed E-state index contributed by atoms with van der Waals surface area (Å²) in [7, 11) is 0. The van der Waals surface area contributed by atoms with Gasteiger partial charge in [0.2, 0.25) is 5.89 Å². The van der Waals surface area contributed by atoms with Crippen LogP contribution in [0.15, 0.2) is 40.0 Å². The quantitative estimate of drug-likeness (QED) is 0.535. The second kappa shape index (κ2) is 8.87. The van der Waals surface area contributed by atoms with Crippen LogP contribution < -0.4 is 0 Å². The van der Waals surface area contributed by atoms with Crippen molar-refractivity contribution in [3.63, 3.8) is 0 Å². The molecule has 28 heavy (non-hydrogen) atoms. The molecule has 7 nitrogen and oxygen atoms in total. The van der Waals surface area contributed by atoms with Crippen molar-refractivity contribution in [3.05, 3.63) is 47.9 Å². The maximum atomic E-state index is 5.35. The lowest BCUT2D eigenvalue weighted by atomic mass is 10.1. The third-order valence-electron chi connectivity index (χ3n) is 4.70. The second-order valence-corrected chi connectivity index (χ2v) is 8.49. The number of benzene rings is 1. The lowest BCUT2D eigenvalue weighted by molar-refractivity contribution is 0.319. The Morgan fingerprint density at radius 1 is 1.11 bits per heavy atom. The van der Waals surface area contributed by atoms with Gasteiger partial charge in [-0.2, -0.15) is 4.98 Å². The number of hydrogen-bond donors (Lipinski definition) is 0. The first-order chi connectivity index (χ1) is 13.7. The number of para-hydroxylation sites is 1. The van der Waals surface area contributed by atoms with E-state index in [0.29, 0.717) is 23.4 Å². The van der Waals surface area contributed by atoms with Gasteiger partial charge in [0, 0.05) is 12.1 Å². The number of thioether (sulfide) groups is 1. The van der Waals surface area contributed by atoms with E-state index in [-0.39, 0.29) is 0 Å². The van der Waals surface area contributed by atoms with Crippen molar-refractivity contribution >= 4 is 11.8 Å². The molecular formula is C20H26N6OS. The summed E-state index contributed by atoms with van der Waals surface area (Å²) < 4.78 is 7.50. The van der Waals surface area contributed by atoms with E-state index >= 15 is 0 Å². The van der Waals surface area contributed by atoms with Gasteiger partial charge < -0.3 is 4.52 Å². The van der Waals surface area contributed by atoms with Crippen molar-refractivity contribution in [2.24, 2.45) is 5.92 Å². The maximum absolute atomic E-state index is 5.35. The second-order valence-electron chi connectivity index (χ2n) is 7.54. The van der Waals surface area contributed by atoms with Gasteiger partial charge in [-0.05, 0) is 44.0 Å². The van der Waals surface area contributed by atoms with E-state index in [4.69, 9.17) is 4.52 Å². The highest BCUT2D eigenvalue weighted by Gasteiger charge is 2.20. The SMILES string of the molecule is CC(C)Cc1nc(CSc2nnc(CN3CCCC3)n2-c2ccccc2)no1. The third-order valence-corrected chi connectivity index (χ3v) is 5.63. The Bertz CT molecular complexity index is 885. The zero-order chi connectivity index (χ0) is 19.3. The zero-order valence-electron chi connectivity index (χ0n) is 16.4. The molecule has 0 unspecified atom stereocenters. The van der Waals surface area contributed by atoms with Crippen molar-refractivity contribution in [1.82, 2.24) is 29.8 Å². The Morgan fingerprint density at radius 3 is 2.64 bits per heavy atom. The molecule has 0 aliphatic carbocycles. The monoisotopic (exact) mass is 398 g/mol. The molecule has 1 aliphatic heterocycles. The highest BCUT2D eigenvalue weighted by atomic mass is 32.2. The highest BCUT2D eigenvalue weighted by molar-refractivity contribution is 7.98. The van der Waals surface area contributed by atoms with Gasteiger partial charge in [0.05, 0.1) is 12.3 Å². The predicted molar refractivity (Wildman–Crippen MR) is 108 cm³/mol. The molecule has 0 spiro atoms. The minimum absolute atomic E-state index is 0.496. The summed E-state index contributed by atoms with van der Waals surface area (Å²) >= 11 is 1.59. The molecule has 1 fully saturated rings. The maximum Gasteiger partial charge on any atom is 0.226 e. The Balaban J connectivity index is 1.52. The van der Waals surface area contributed by atoms with Crippen LogP contribution in [0.25, 0.3) is 5.69 Å². The van der Waals surface area contributed by atoms with Crippen LogP contribution in [0.1, 0.15) is 44.2 Å². The van der Waals surface area contributed by atoms with Gasteiger partial charge >= 0.3 is 0 Å². The van der Waals surface area contributed by atoms with Crippen LogP contribution in [0.3, 0.4) is 0 Å². The normalized spacial score (nSPS) is 15.0. The van der Waals surface area contributed by atoms with E-state index in [2.05, 4.69) is 55.8 Å². The van der Waals surface area contributed by atoms with Crippen molar-refractivity contribution in [2.75, 3.05) is 13.1 Å². The summed E-state index contributed by atoms with van der Waals surface area (Å²) in [6.07, 6.45) is 3.33. The topological polar surface area (TPSA) is 72.9 Å². The molecule has 0 N–H and O–H groups in total. The van der Waals surface area contributed by atoms with Gasteiger partial charge in [-0.1, -0.05) is 49.0 Å². The van der Waals surface area contributed by atoms with Crippen LogP contribution in [0, 0.1) is 5.92 Å². The highest BCUT2D eigenvalue weighted by Crippen LogP contribution is 2.26. The summed E-state index contributed by atoms with van der Waals surface area (Å²) in [5.41, 5.74) is 1.08. The van der Waals surface area contributed by atoms with Crippen LogP contribution in [0.2, 0.25) is 0 Å². The fourth-order valence-corrected chi connectivity index (χ4v) is 4.20. The predicted octanol–water partition coefficient (Wildman–Crippen LogP) is 3.74. The molecule has 0 amide bonds. The summed E-state index contributed by atoms with van der Waals surface area (Å²) in [5.74, 6) is 3.48. The first-order valence-corrected chi connectivity index (χ1v) is 10.8. The first kappa shape index (κ1) is 19.1. The Labute approximate surface area is 169 Å². The van der Waals surface area contributed by atoms with E-state index < -0.39 is 0 Å². The number of hydrogen-bond acceptors (Lipinski definition) is 7. The van der Waals surface area contributed by atoms with Gasteiger partial charge in [-0.25, -0.2) is 0 Å². The molecule has 0 saturated carbocycles. The first-order valence-electron chi connectivity index (χ1n) is 9.85. The molecule has 0 bridgehead atoms. The van der Waals surface area contributed by atoms with E-state index in [1.54, 1.807) is 11.8 Å². The fraction of sp³-hybridized carbons (Fsp3) is 0.500. The lowest BCUT2D eigenvalue weighted by Crippen LogP contribution is -2.21. The molecule has 0 atom stereocenters. The molecule has 1 aromatic carbocycles. The molecule has 3 aromatic rings.